The number of aromatic nitrogens is 3. The van der Waals surface area contributed by atoms with Crippen LogP contribution in [-0.4, -0.2) is 20.7 Å². The summed E-state index contributed by atoms with van der Waals surface area (Å²) >= 11 is 11.9. The van der Waals surface area contributed by atoms with E-state index in [9.17, 15) is 4.79 Å². The Morgan fingerprint density at radius 3 is 2.48 bits per heavy atom. The van der Waals surface area contributed by atoms with E-state index in [2.05, 4.69) is 15.4 Å². The molecule has 2 heterocycles. The minimum atomic E-state index is -0.106. The molecule has 0 saturated carbocycles. The van der Waals surface area contributed by atoms with Crippen LogP contribution in [0.4, 0.5) is 5.82 Å². The van der Waals surface area contributed by atoms with E-state index in [-0.39, 0.29) is 5.91 Å². The third kappa shape index (κ3) is 5.31. The molecule has 3 rings (SSSR count). The molecular weight excluding hydrogens is 359 g/mol. The first-order chi connectivity index (χ1) is 12.1. The van der Waals surface area contributed by atoms with Gasteiger partial charge in [-0.1, -0.05) is 23.2 Å². The molecule has 0 saturated heterocycles. The number of nitrogens with zero attached hydrogens (tertiary/aromatic N) is 3. The third-order valence-electron chi connectivity index (χ3n) is 3.57. The Labute approximate surface area is 155 Å². The summed E-state index contributed by atoms with van der Waals surface area (Å²) < 4.78 is 1.77. The Bertz CT molecular complexity index is 844. The second-order valence-corrected chi connectivity index (χ2v) is 6.45. The number of nitrogens with one attached hydrogen (secondary N) is 1. The molecule has 7 heteroatoms. The van der Waals surface area contributed by atoms with Gasteiger partial charge in [-0.3, -0.25) is 14.5 Å². The van der Waals surface area contributed by atoms with Crippen molar-refractivity contribution in [1.82, 2.24) is 14.8 Å². The second-order valence-electron chi connectivity index (χ2n) is 5.58. The number of anilines is 1. The van der Waals surface area contributed by atoms with E-state index in [1.54, 1.807) is 29.2 Å². The van der Waals surface area contributed by atoms with E-state index in [1.165, 1.54) is 0 Å². The molecule has 3 aromatic rings. The van der Waals surface area contributed by atoms with E-state index < -0.39 is 0 Å². The second kappa shape index (κ2) is 8.14. The highest BCUT2D eigenvalue weighted by molar-refractivity contribution is 6.34. The molecule has 0 spiro atoms. The maximum atomic E-state index is 12.1. The van der Waals surface area contributed by atoms with Gasteiger partial charge in [0.15, 0.2) is 5.82 Å². The fourth-order valence-electron chi connectivity index (χ4n) is 2.41. The lowest BCUT2D eigenvalue weighted by Crippen LogP contribution is -2.13. The first-order valence-corrected chi connectivity index (χ1v) is 8.51. The molecule has 0 fully saturated rings. The van der Waals surface area contributed by atoms with Gasteiger partial charge in [0.25, 0.3) is 0 Å². The van der Waals surface area contributed by atoms with Crippen LogP contribution in [0.1, 0.15) is 17.5 Å². The number of rotatable bonds is 6. The van der Waals surface area contributed by atoms with E-state index in [4.69, 9.17) is 23.2 Å². The van der Waals surface area contributed by atoms with E-state index >= 15 is 0 Å². The summed E-state index contributed by atoms with van der Waals surface area (Å²) in [4.78, 5) is 16.1. The first kappa shape index (κ1) is 17.5. The number of carbonyl (C=O) groups is 1. The van der Waals surface area contributed by atoms with Gasteiger partial charge < -0.3 is 5.32 Å². The number of hydrogen-bond acceptors (Lipinski definition) is 3. The maximum absolute atomic E-state index is 12.1. The molecule has 1 aromatic carbocycles. The van der Waals surface area contributed by atoms with Crippen LogP contribution >= 0.6 is 23.2 Å². The van der Waals surface area contributed by atoms with Crippen LogP contribution in [-0.2, 0) is 17.8 Å². The number of hydrogen-bond donors (Lipinski definition) is 1. The molecule has 128 valence electrons. The van der Waals surface area contributed by atoms with Gasteiger partial charge in [0.05, 0.1) is 6.54 Å². The topological polar surface area (TPSA) is 59.8 Å². The SMILES string of the molecule is O=C(CCc1cc(Cl)cc(Cl)c1)Nc1ccn(Cc2ccncc2)n1. The predicted molar refractivity (Wildman–Crippen MR) is 99.0 cm³/mol. The van der Waals surface area contributed by atoms with Crippen LogP contribution in [0.5, 0.6) is 0 Å². The smallest absolute Gasteiger partial charge is 0.225 e. The number of halogens is 2. The van der Waals surface area contributed by atoms with E-state index in [0.29, 0.717) is 35.2 Å². The van der Waals surface area contributed by atoms with Crippen molar-refractivity contribution in [3.63, 3.8) is 0 Å². The summed E-state index contributed by atoms with van der Waals surface area (Å²) in [6.07, 6.45) is 6.19. The van der Waals surface area contributed by atoms with Crippen LogP contribution in [0.3, 0.4) is 0 Å². The quantitative estimate of drug-likeness (QED) is 0.702. The summed E-state index contributed by atoms with van der Waals surface area (Å²) in [5.41, 5.74) is 2.02. The predicted octanol–water partition coefficient (Wildman–Crippen LogP) is 4.20. The highest BCUT2D eigenvalue weighted by atomic mass is 35.5. The molecule has 0 bridgehead atoms. The molecular formula is C18H16Cl2N4O. The number of amides is 1. The molecule has 0 aliphatic carbocycles. The van der Waals surface area contributed by atoms with Gasteiger partial charge in [-0.05, 0) is 47.9 Å². The zero-order valence-corrected chi connectivity index (χ0v) is 14.8. The summed E-state index contributed by atoms with van der Waals surface area (Å²) in [5, 5.41) is 8.28. The highest BCUT2D eigenvalue weighted by Crippen LogP contribution is 2.20. The Morgan fingerprint density at radius 2 is 1.76 bits per heavy atom. The normalized spacial score (nSPS) is 10.6. The van der Waals surface area contributed by atoms with Crippen molar-refractivity contribution < 1.29 is 4.79 Å². The largest absolute Gasteiger partial charge is 0.309 e. The summed E-state index contributed by atoms with van der Waals surface area (Å²) in [6.45, 7) is 0.624. The average molecular weight is 375 g/mol. The molecule has 0 unspecified atom stereocenters. The van der Waals surface area contributed by atoms with Gasteiger partial charge in [-0.25, -0.2) is 0 Å². The van der Waals surface area contributed by atoms with Crippen LogP contribution < -0.4 is 5.32 Å². The summed E-state index contributed by atoms with van der Waals surface area (Å²) in [6, 6.07) is 10.9. The fourth-order valence-corrected chi connectivity index (χ4v) is 2.98. The highest BCUT2D eigenvalue weighted by Gasteiger charge is 2.07. The van der Waals surface area contributed by atoms with Crippen molar-refractivity contribution in [2.75, 3.05) is 5.32 Å². The van der Waals surface area contributed by atoms with Crippen molar-refractivity contribution in [2.24, 2.45) is 0 Å². The molecule has 0 aliphatic rings. The van der Waals surface area contributed by atoms with Gasteiger partial charge in [-0.15, -0.1) is 0 Å². The molecule has 25 heavy (non-hydrogen) atoms. The Balaban J connectivity index is 1.53. The molecule has 5 nitrogen and oxygen atoms in total. The molecule has 1 N–H and O–H groups in total. The summed E-state index contributed by atoms with van der Waals surface area (Å²) in [7, 11) is 0. The molecule has 1 amide bonds. The maximum Gasteiger partial charge on any atom is 0.225 e. The molecule has 0 atom stereocenters. The van der Waals surface area contributed by atoms with Crippen LogP contribution in [0, 0.1) is 0 Å². The number of aryl methyl sites for hydroxylation is 1. The molecule has 0 radical (unpaired) electrons. The van der Waals surface area contributed by atoms with Gasteiger partial charge in [0.2, 0.25) is 5.91 Å². The number of pyridine rings is 1. The van der Waals surface area contributed by atoms with Crippen molar-refractivity contribution in [3.05, 3.63) is 76.2 Å². The van der Waals surface area contributed by atoms with Crippen molar-refractivity contribution >= 4 is 34.9 Å². The van der Waals surface area contributed by atoms with Crippen molar-refractivity contribution in [1.29, 1.82) is 0 Å². The Morgan fingerprint density at radius 1 is 1.04 bits per heavy atom. The zero-order chi connectivity index (χ0) is 17.6. The third-order valence-corrected chi connectivity index (χ3v) is 4.00. The minimum Gasteiger partial charge on any atom is -0.309 e. The van der Waals surface area contributed by atoms with Crippen molar-refractivity contribution in [3.8, 4) is 0 Å². The van der Waals surface area contributed by atoms with Gasteiger partial charge in [0.1, 0.15) is 0 Å². The van der Waals surface area contributed by atoms with Crippen LogP contribution in [0.15, 0.2) is 55.0 Å². The fraction of sp³-hybridized carbons (Fsp3) is 0.167. The Kier molecular flexibility index (Phi) is 5.68. The lowest BCUT2D eigenvalue weighted by molar-refractivity contribution is -0.116. The number of benzene rings is 1. The van der Waals surface area contributed by atoms with E-state index in [0.717, 1.165) is 11.1 Å². The van der Waals surface area contributed by atoms with Crippen molar-refractivity contribution in [2.45, 2.75) is 19.4 Å². The van der Waals surface area contributed by atoms with Gasteiger partial charge >= 0.3 is 0 Å². The first-order valence-electron chi connectivity index (χ1n) is 7.76. The monoisotopic (exact) mass is 374 g/mol. The zero-order valence-electron chi connectivity index (χ0n) is 13.3. The Hall–Kier alpha value is -2.37. The lowest BCUT2D eigenvalue weighted by atomic mass is 10.1. The van der Waals surface area contributed by atoms with E-state index in [1.807, 2.05) is 30.5 Å². The molecule has 0 aliphatic heterocycles. The van der Waals surface area contributed by atoms with Crippen LogP contribution in [0.2, 0.25) is 10.0 Å². The average Bonchev–Trinajstić information content (AvgIpc) is 3.00. The lowest BCUT2D eigenvalue weighted by Gasteiger charge is -2.04. The summed E-state index contributed by atoms with van der Waals surface area (Å²) in [5.74, 6) is 0.424. The molecule has 2 aromatic heterocycles. The van der Waals surface area contributed by atoms with Crippen LogP contribution in [0.25, 0.3) is 0 Å². The van der Waals surface area contributed by atoms with Gasteiger partial charge in [0, 0.05) is 41.1 Å². The minimum absolute atomic E-state index is 0.106. The standard InChI is InChI=1S/C18H16Cl2N4O/c19-15-9-14(10-16(20)11-15)1-2-18(25)22-17-5-8-24(23-17)12-13-3-6-21-7-4-13/h3-11H,1-2,12H2,(H,22,23,25). The number of carbonyl (C=O) groups excluding carboxylic acids is 1. The van der Waals surface area contributed by atoms with Gasteiger partial charge in [-0.2, -0.15) is 5.10 Å².